The van der Waals surface area contributed by atoms with Gasteiger partial charge in [-0.1, -0.05) is 52.4 Å². The maximum atomic E-state index is 9.36. The van der Waals surface area contributed by atoms with E-state index in [1.165, 1.54) is 38.5 Å². The van der Waals surface area contributed by atoms with E-state index in [0.29, 0.717) is 25.7 Å². The van der Waals surface area contributed by atoms with Crippen molar-refractivity contribution in [3.8, 4) is 0 Å². The van der Waals surface area contributed by atoms with Crippen LogP contribution in [0.5, 0.6) is 0 Å². The van der Waals surface area contributed by atoms with E-state index in [9.17, 15) is 5.11 Å². The van der Waals surface area contributed by atoms with Gasteiger partial charge in [0.05, 0.1) is 13.2 Å². The lowest BCUT2D eigenvalue weighted by atomic mass is 9.86. The Hall–Kier alpha value is -0.200. The van der Waals surface area contributed by atoms with Crippen LogP contribution in [0, 0.1) is 5.92 Å². The van der Waals surface area contributed by atoms with Crippen molar-refractivity contribution in [2.24, 2.45) is 5.92 Å². The van der Waals surface area contributed by atoms with E-state index in [-0.39, 0.29) is 13.2 Å². The minimum atomic E-state index is -0.787. The first-order chi connectivity index (χ1) is 13.1. The summed E-state index contributed by atoms with van der Waals surface area (Å²) in [6, 6.07) is 0. The number of unbranched alkanes of at least 4 members (excludes halogenated alkanes) is 5. The molecule has 2 unspecified atom stereocenters. The molecule has 0 heterocycles. The molecule has 0 radical (unpaired) electrons. The van der Waals surface area contributed by atoms with Crippen LogP contribution in [-0.4, -0.2) is 55.1 Å². The third-order valence-corrected chi connectivity index (χ3v) is 5.16. The molecule has 0 saturated heterocycles. The van der Waals surface area contributed by atoms with Crippen molar-refractivity contribution in [2.45, 2.75) is 104 Å². The molecule has 164 valence electrons. The smallest absolute Gasteiger partial charge is 0.170 e. The second-order valence-electron chi connectivity index (χ2n) is 7.34. The van der Waals surface area contributed by atoms with Crippen molar-refractivity contribution in [1.29, 1.82) is 0 Å². The van der Waals surface area contributed by atoms with Crippen LogP contribution in [0.1, 0.15) is 91.9 Å². The SMILES string of the molecule is CCCCCCCCC(CCCOCC(O)CO)C(CC)(OCC)OCC. The van der Waals surface area contributed by atoms with Gasteiger partial charge in [-0.25, -0.2) is 0 Å². The number of ether oxygens (including phenoxy) is 3. The van der Waals surface area contributed by atoms with Crippen molar-refractivity contribution in [3.05, 3.63) is 0 Å². The molecular formula is C22H46O5. The van der Waals surface area contributed by atoms with Crippen LogP contribution in [0.15, 0.2) is 0 Å². The fourth-order valence-corrected chi connectivity index (χ4v) is 3.72. The van der Waals surface area contributed by atoms with Crippen LogP contribution < -0.4 is 0 Å². The van der Waals surface area contributed by atoms with E-state index in [0.717, 1.165) is 25.7 Å². The molecule has 0 aliphatic heterocycles. The van der Waals surface area contributed by atoms with Gasteiger partial charge in [-0.3, -0.25) is 0 Å². The third-order valence-electron chi connectivity index (χ3n) is 5.16. The first-order valence-electron chi connectivity index (χ1n) is 11.2. The van der Waals surface area contributed by atoms with E-state index >= 15 is 0 Å². The summed E-state index contributed by atoms with van der Waals surface area (Å²) < 4.78 is 17.8. The molecule has 0 aromatic heterocycles. The lowest BCUT2D eigenvalue weighted by Crippen LogP contribution is -2.43. The maximum Gasteiger partial charge on any atom is 0.170 e. The van der Waals surface area contributed by atoms with E-state index in [4.69, 9.17) is 19.3 Å². The predicted molar refractivity (Wildman–Crippen MR) is 111 cm³/mol. The van der Waals surface area contributed by atoms with Gasteiger partial charge in [-0.2, -0.15) is 0 Å². The standard InChI is InChI=1S/C22H46O5/c1-5-9-10-11-12-13-15-20(16-14-17-25-19-21(24)18-23)22(6-2,26-7-3)27-8-4/h20-21,23-24H,5-19H2,1-4H3. The summed E-state index contributed by atoms with van der Waals surface area (Å²) in [4.78, 5) is 0. The van der Waals surface area contributed by atoms with E-state index in [1.807, 2.05) is 13.8 Å². The number of hydrogen-bond acceptors (Lipinski definition) is 5. The summed E-state index contributed by atoms with van der Waals surface area (Å²) in [5, 5.41) is 18.2. The summed E-state index contributed by atoms with van der Waals surface area (Å²) in [6.07, 6.45) is 10.8. The molecule has 5 heteroatoms. The van der Waals surface area contributed by atoms with E-state index in [2.05, 4.69) is 13.8 Å². The van der Waals surface area contributed by atoms with Crippen LogP contribution >= 0.6 is 0 Å². The molecule has 0 amide bonds. The Bertz CT molecular complexity index is 305. The molecule has 27 heavy (non-hydrogen) atoms. The summed E-state index contributed by atoms with van der Waals surface area (Å²) in [6.45, 7) is 10.3. The molecule has 0 aliphatic rings. The van der Waals surface area contributed by atoms with Crippen molar-refractivity contribution in [2.75, 3.05) is 33.0 Å². The van der Waals surface area contributed by atoms with Crippen molar-refractivity contribution in [3.63, 3.8) is 0 Å². The molecule has 0 spiro atoms. The van der Waals surface area contributed by atoms with Gasteiger partial charge in [-0.15, -0.1) is 0 Å². The Labute approximate surface area is 167 Å². The van der Waals surface area contributed by atoms with Gasteiger partial charge in [0.2, 0.25) is 0 Å². The van der Waals surface area contributed by atoms with Gasteiger partial charge in [0.15, 0.2) is 5.79 Å². The van der Waals surface area contributed by atoms with Gasteiger partial charge in [0.25, 0.3) is 0 Å². The summed E-state index contributed by atoms with van der Waals surface area (Å²) in [5.74, 6) is -0.155. The van der Waals surface area contributed by atoms with Gasteiger partial charge < -0.3 is 24.4 Å². The molecular weight excluding hydrogens is 344 g/mol. The Kier molecular flexibility index (Phi) is 17.7. The third kappa shape index (κ3) is 12.1. The van der Waals surface area contributed by atoms with Gasteiger partial charge in [-0.05, 0) is 39.5 Å². The van der Waals surface area contributed by atoms with Gasteiger partial charge >= 0.3 is 0 Å². The first-order valence-corrected chi connectivity index (χ1v) is 11.2. The first kappa shape index (κ1) is 26.8. The van der Waals surface area contributed by atoms with Crippen LogP contribution in [-0.2, 0) is 14.2 Å². The quantitative estimate of drug-likeness (QED) is 0.233. The number of hydrogen-bond donors (Lipinski definition) is 2. The van der Waals surface area contributed by atoms with Gasteiger partial charge in [0.1, 0.15) is 6.10 Å². The minimum absolute atomic E-state index is 0.189. The monoisotopic (exact) mass is 390 g/mol. The Morgan fingerprint density at radius 2 is 1.41 bits per heavy atom. The van der Waals surface area contributed by atoms with Crippen LogP contribution in [0.25, 0.3) is 0 Å². The molecule has 0 aliphatic carbocycles. The molecule has 0 rings (SSSR count). The minimum Gasteiger partial charge on any atom is -0.394 e. The summed E-state index contributed by atoms with van der Waals surface area (Å²) in [7, 11) is 0. The predicted octanol–water partition coefficient (Wildman–Crippen LogP) is 4.68. The normalized spacial score (nSPS) is 14.4. The van der Waals surface area contributed by atoms with Crippen molar-refractivity contribution in [1.82, 2.24) is 0 Å². The van der Waals surface area contributed by atoms with Crippen LogP contribution in [0.4, 0.5) is 0 Å². The molecule has 0 saturated carbocycles. The molecule has 2 N–H and O–H groups in total. The number of aliphatic hydroxyl groups is 2. The fraction of sp³-hybridized carbons (Fsp3) is 1.00. The Morgan fingerprint density at radius 3 is 1.96 bits per heavy atom. The fourth-order valence-electron chi connectivity index (χ4n) is 3.72. The van der Waals surface area contributed by atoms with Crippen molar-refractivity contribution >= 4 is 0 Å². The summed E-state index contributed by atoms with van der Waals surface area (Å²) in [5.41, 5.74) is 0. The highest BCUT2D eigenvalue weighted by atomic mass is 16.7. The lowest BCUT2D eigenvalue weighted by Gasteiger charge is -2.40. The summed E-state index contributed by atoms with van der Waals surface area (Å²) >= 11 is 0. The highest BCUT2D eigenvalue weighted by Gasteiger charge is 2.38. The molecule has 0 aromatic rings. The van der Waals surface area contributed by atoms with Crippen molar-refractivity contribution < 1.29 is 24.4 Å². The molecule has 2 atom stereocenters. The molecule has 0 bridgehead atoms. The van der Waals surface area contributed by atoms with E-state index < -0.39 is 11.9 Å². The topological polar surface area (TPSA) is 68.2 Å². The Balaban J connectivity index is 4.61. The lowest BCUT2D eigenvalue weighted by molar-refractivity contribution is -0.268. The maximum absolute atomic E-state index is 9.36. The van der Waals surface area contributed by atoms with Crippen LogP contribution in [0.3, 0.4) is 0 Å². The number of rotatable bonds is 20. The van der Waals surface area contributed by atoms with Crippen LogP contribution in [0.2, 0.25) is 0 Å². The zero-order valence-corrected chi connectivity index (χ0v) is 18.4. The average Bonchev–Trinajstić information content (AvgIpc) is 2.68. The average molecular weight is 391 g/mol. The number of aliphatic hydroxyl groups excluding tert-OH is 2. The highest BCUT2D eigenvalue weighted by molar-refractivity contribution is 4.79. The van der Waals surface area contributed by atoms with E-state index in [1.54, 1.807) is 0 Å². The largest absolute Gasteiger partial charge is 0.394 e. The van der Waals surface area contributed by atoms with Gasteiger partial charge in [0, 0.05) is 25.7 Å². The zero-order valence-electron chi connectivity index (χ0n) is 18.4. The molecule has 0 aromatic carbocycles. The highest BCUT2D eigenvalue weighted by Crippen LogP contribution is 2.35. The second kappa shape index (κ2) is 17.9. The zero-order chi connectivity index (χ0) is 20.4. The second-order valence-corrected chi connectivity index (χ2v) is 7.34. The Morgan fingerprint density at radius 1 is 0.815 bits per heavy atom. The molecule has 5 nitrogen and oxygen atoms in total. The molecule has 0 fully saturated rings.